The van der Waals surface area contributed by atoms with E-state index in [9.17, 15) is 4.79 Å². The molecule has 22 heavy (non-hydrogen) atoms. The Morgan fingerprint density at radius 1 is 1.05 bits per heavy atom. The maximum atomic E-state index is 12.7. The Morgan fingerprint density at radius 3 is 1.95 bits per heavy atom. The Morgan fingerprint density at radius 2 is 1.55 bits per heavy atom. The van der Waals surface area contributed by atoms with Gasteiger partial charge in [-0.05, 0) is 0 Å². The Bertz CT molecular complexity index is 413. The third-order valence-corrected chi connectivity index (χ3v) is 10.3. The number of allylic oxidation sites excluding steroid dienone is 1. The molecule has 0 aromatic rings. The number of nitrogens with zero attached hydrogens (tertiary/aromatic N) is 1. The average Bonchev–Trinajstić information content (AvgIpc) is 2.34. The molecule has 0 saturated heterocycles. The Balaban J connectivity index is 3.03. The van der Waals surface area contributed by atoms with Crippen molar-refractivity contribution in [2.75, 3.05) is 0 Å². The van der Waals surface area contributed by atoms with E-state index in [1.54, 1.807) is 0 Å². The molecule has 4 heteroatoms. The molecule has 0 aromatic heterocycles. The predicted octanol–water partition coefficient (Wildman–Crippen LogP) is 5.38. The van der Waals surface area contributed by atoms with E-state index < -0.39 is 18.4 Å². The van der Waals surface area contributed by atoms with Crippen molar-refractivity contribution in [1.29, 1.82) is 0 Å². The molecule has 3 nitrogen and oxygen atoms in total. The van der Waals surface area contributed by atoms with Crippen molar-refractivity contribution in [3.8, 4) is 0 Å². The second-order valence-electron chi connectivity index (χ2n) is 8.24. The van der Waals surface area contributed by atoms with Crippen LogP contribution in [0.25, 0.3) is 0 Å². The molecular weight excluding hydrogens is 381 g/mol. The van der Waals surface area contributed by atoms with Crippen molar-refractivity contribution in [3.63, 3.8) is 0 Å². The third-order valence-electron chi connectivity index (χ3n) is 4.44. The van der Waals surface area contributed by atoms with Crippen LogP contribution in [0.3, 0.4) is 0 Å². The van der Waals surface area contributed by atoms with E-state index in [4.69, 9.17) is 4.74 Å². The third kappa shape index (κ3) is 5.17. The molecule has 1 aliphatic rings. The van der Waals surface area contributed by atoms with Crippen molar-refractivity contribution in [2.45, 2.75) is 91.3 Å². The average molecular weight is 416 g/mol. The molecule has 0 unspecified atom stereocenters. The van der Waals surface area contributed by atoms with Crippen LogP contribution in [-0.4, -0.2) is 45.6 Å². The first kappa shape index (κ1) is 19.9. The molecule has 1 atom stereocenters. The summed E-state index contributed by atoms with van der Waals surface area (Å²) in [5.74, 6) is 0. The van der Waals surface area contributed by atoms with Crippen molar-refractivity contribution in [1.82, 2.24) is 4.90 Å². The summed E-state index contributed by atoms with van der Waals surface area (Å²) in [5, 5.41) is 0. The number of amides is 1. The summed E-state index contributed by atoms with van der Waals surface area (Å²) < 4.78 is 6.22. The number of carbonyl (C=O) groups excluding carboxylic acids is 1. The van der Waals surface area contributed by atoms with Gasteiger partial charge in [-0.1, -0.05) is 0 Å². The molecule has 0 fully saturated rings. The number of carbonyl (C=O) groups is 1. The maximum absolute atomic E-state index is 12.7. The second kappa shape index (κ2) is 8.07. The van der Waals surface area contributed by atoms with Gasteiger partial charge in [0.2, 0.25) is 0 Å². The van der Waals surface area contributed by atoms with Crippen LogP contribution in [0.15, 0.2) is 11.1 Å². The topological polar surface area (TPSA) is 29.5 Å². The summed E-state index contributed by atoms with van der Waals surface area (Å²) in [5.41, 5.74) is 2.91. The Kier molecular flexibility index (Phi) is 7.28. The van der Waals surface area contributed by atoms with E-state index in [0.29, 0.717) is 0 Å². The summed E-state index contributed by atoms with van der Waals surface area (Å²) in [6, 6.07) is 0.342. The quantitative estimate of drug-likeness (QED) is 0.445. The molecule has 1 rings (SSSR count). The summed E-state index contributed by atoms with van der Waals surface area (Å²) in [6.45, 7) is 10.5. The SMILES string of the molecule is CC1=C([C@H](OC(=O)N(C(C)C)C(C)C)[Sn]([CH3])([CH3])[CH3])CCCC1. The van der Waals surface area contributed by atoms with E-state index in [2.05, 4.69) is 49.4 Å². The molecule has 128 valence electrons. The molecular formula is C18H35NO2Sn. The summed E-state index contributed by atoms with van der Waals surface area (Å²) in [4.78, 5) is 21.7. The first-order valence-electron chi connectivity index (χ1n) is 8.73. The monoisotopic (exact) mass is 417 g/mol. The van der Waals surface area contributed by atoms with Crippen LogP contribution in [0.1, 0.15) is 60.3 Å². The zero-order chi connectivity index (χ0) is 17.1. The normalized spacial score (nSPS) is 17.9. The van der Waals surface area contributed by atoms with Crippen LogP contribution in [0, 0.1) is 0 Å². The first-order valence-corrected chi connectivity index (χ1v) is 18.9. The number of hydrogen-bond donors (Lipinski definition) is 0. The predicted molar refractivity (Wildman–Crippen MR) is 96.9 cm³/mol. The van der Waals surface area contributed by atoms with E-state index >= 15 is 0 Å². The molecule has 0 bridgehead atoms. The van der Waals surface area contributed by atoms with Gasteiger partial charge in [-0.3, -0.25) is 0 Å². The standard InChI is InChI=1S/C15H26NO2.3CH3.Sn/c1-11(2)16(12(3)4)15(17)18-10-14-9-7-6-8-13(14)5;;;;/h10-12H,6-9H2,1-5H3;3*1H3;. The van der Waals surface area contributed by atoms with Gasteiger partial charge in [-0.2, -0.15) is 0 Å². The zero-order valence-electron chi connectivity index (χ0n) is 15.8. The van der Waals surface area contributed by atoms with Gasteiger partial charge in [0.25, 0.3) is 0 Å². The fourth-order valence-electron chi connectivity index (χ4n) is 3.38. The summed E-state index contributed by atoms with van der Waals surface area (Å²) >= 11 is -2.41. The molecule has 0 N–H and O–H groups in total. The summed E-state index contributed by atoms with van der Waals surface area (Å²) in [6.07, 6.45) is 4.66. The van der Waals surface area contributed by atoms with Crippen molar-refractivity contribution >= 4 is 24.5 Å². The van der Waals surface area contributed by atoms with Gasteiger partial charge in [-0.25, -0.2) is 0 Å². The van der Waals surface area contributed by atoms with Gasteiger partial charge in [0.15, 0.2) is 0 Å². The molecule has 0 aliphatic heterocycles. The van der Waals surface area contributed by atoms with E-state index in [0.717, 1.165) is 6.42 Å². The van der Waals surface area contributed by atoms with Crippen LogP contribution >= 0.6 is 0 Å². The number of hydrogen-bond acceptors (Lipinski definition) is 2. The molecule has 1 aliphatic carbocycles. The molecule has 0 saturated carbocycles. The van der Waals surface area contributed by atoms with Crippen molar-refractivity contribution in [3.05, 3.63) is 11.1 Å². The summed E-state index contributed by atoms with van der Waals surface area (Å²) in [7, 11) is 0. The van der Waals surface area contributed by atoms with Gasteiger partial charge in [0, 0.05) is 0 Å². The van der Waals surface area contributed by atoms with Crippen LogP contribution in [0.2, 0.25) is 14.8 Å². The van der Waals surface area contributed by atoms with Crippen LogP contribution in [-0.2, 0) is 4.74 Å². The van der Waals surface area contributed by atoms with E-state index in [1.807, 2.05) is 4.90 Å². The Hall–Kier alpha value is -0.191. The molecule has 0 aromatic carbocycles. The van der Waals surface area contributed by atoms with E-state index in [1.165, 1.54) is 30.4 Å². The van der Waals surface area contributed by atoms with Gasteiger partial charge in [0.05, 0.1) is 0 Å². The molecule has 0 spiro atoms. The number of rotatable bonds is 5. The molecule has 0 radical (unpaired) electrons. The second-order valence-corrected chi connectivity index (χ2v) is 23.2. The van der Waals surface area contributed by atoms with Gasteiger partial charge in [0.1, 0.15) is 0 Å². The minimum atomic E-state index is -2.41. The van der Waals surface area contributed by atoms with Crippen LogP contribution < -0.4 is 0 Å². The fourth-order valence-corrected chi connectivity index (χ4v) is 8.78. The fraction of sp³-hybridized carbons (Fsp3) is 0.833. The van der Waals surface area contributed by atoms with Crippen LogP contribution in [0.5, 0.6) is 0 Å². The van der Waals surface area contributed by atoms with Gasteiger partial charge < -0.3 is 0 Å². The molecule has 0 heterocycles. The van der Waals surface area contributed by atoms with E-state index in [-0.39, 0.29) is 22.3 Å². The van der Waals surface area contributed by atoms with Crippen molar-refractivity contribution in [2.24, 2.45) is 0 Å². The first-order chi connectivity index (χ1) is 10.1. The number of ether oxygens (including phenoxy) is 1. The van der Waals surface area contributed by atoms with Gasteiger partial charge >= 0.3 is 141 Å². The minimum absolute atomic E-state index is 0.0853. The van der Waals surface area contributed by atoms with Gasteiger partial charge in [-0.15, -0.1) is 0 Å². The molecule has 1 amide bonds. The van der Waals surface area contributed by atoms with Crippen LogP contribution in [0.4, 0.5) is 4.79 Å². The van der Waals surface area contributed by atoms with Crippen molar-refractivity contribution < 1.29 is 9.53 Å². The zero-order valence-corrected chi connectivity index (χ0v) is 18.7. The Labute approximate surface area is 141 Å².